The first-order valence-electron chi connectivity index (χ1n) is 7.30. The van der Waals surface area contributed by atoms with Gasteiger partial charge in [0.05, 0.1) is 4.90 Å². The van der Waals surface area contributed by atoms with Gasteiger partial charge in [-0.25, -0.2) is 8.42 Å². The normalized spacial score (nSPS) is 28.1. The second-order valence-electron chi connectivity index (χ2n) is 6.13. The van der Waals surface area contributed by atoms with Gasteiger partial charge >= 0.3 is 0 Å². The van der Waals surface area contributed by atoms with Crippen LogP contribution < -0.4 is 5.32 Å². The minimum atomic E-state index is -3.33. The van der Waals surface area contributed by atoms with Crippen molar-refractivity contribution in [2.24, 2.45) is 5.92 Å². The molecule has 1 aliphatic heterocycles. The number of hydrogen-bond acceptors (Lipinski definition) is 4. The fourth-order valence-corrected chi connectivity index (χ4v) is 6.06. The fourth-order valence-electron chi connectivity index (χ4n) is 2.93. The average molecular weight is 314 g/mol. The molecule has 2 unspecified atom stereocenters. The van der Waals surface area contributed by atoms with Gasteiger partial charge in [-0.15, -0.1) is 11.3 Å². The maximum absolute atomic E-state index is 12.8. The second-order valence-corrected chi connectivity index (χ2v) is 8.99. The molecule has 20 heavy (non-hydrogen) atoms. The second kappa shape index (κ2) is 5.40. The molecular weight excluding hydrogens is 292 g/mol. The van der Waals surface area contributed by atoms with Crippen LogP contribution in [0.2, 0.25) is 0 Å². The van der Waals surface area contributed by atoms with Crippen LogP contribution in [0.25, 0.3) is 0 Å². The summed E-state index contributed by atoms with van der Waals surface area (Å²) in [6, 6.07) is 2.47. The molecule has 0 spiro atoms. The van der Waals surface area contributed by atoms with Gasteiger partial charge in [0.2, 0.25) is 10.0 Å². The van der Waals surface area contributed by atoms with Gasteiger partial charge in [0, 0.05) is 30.1 Å². The SMILES string of the molecule is CC1CC(C)N(S(=O)(=O)c2ccsc2CNC2CC2)C1. The van der Waals surface area contributed by atoms with Crippen molar-refractivity contribution in [3.8, 4) is 0 Å². The van der Waals surface area contributed by atoms with E-state index in [0.29, 0.717) is 29.9 Å². The van der Waals surface area contributed by atoms with E-state index < -0.39 is 10.0 Å². The lowest BCUT2D eigenvalue weighted by atomic mass is 10.1. The largest absolute Gasteiger partial charge is 0.309 e. The van der Waals surface area contributed by atoms with Crippen LogP contribution in [0.15, 0.2) is 16.3 Å². The summed E-state index contributed by atoms with van der Waals surface area (Å²) in [5.74, 6) is 0.450. The molecular formula is C14H22N2O2S2. The third-order valence-corrected chi connectivity index (χ3v) is 7.26. The van der Waals surface area contributed by atoms with E-state index in [2.05, 4.69) is 12.2 Å². The molecule has 2 fully saturated rings. The highest BCUT2D eigenvalue weighted by Crippen LogP contribution is 2.32. The topological polar surface area (TPSA) is 49.4 Å². The number of rotatable bonds is 5. The molecule has 0 radical (unpaired) electrons. The van der Waals surface area contributed by atoms with Crippen molar-refractivity contribution < 1.29 is 8.42 Å². The van der Waals surface area contributed by atoms with E-state index in [1.54, 1.807) is 10.4 Å². The number of sulfonamides is 1. The Morgan fingerprint density at radius 3 is 2.75 bits per heavy atom. The molecule has 1 aromatic rings. The average Bonchev–Trinajstić information content (AvgIpc) is 2.96. The van der Waals surface area contributed by atoms with Gasteiger partial charge in [0.25, 0.3) is 0 Å². The van der Waals surface area contributed by atoms with Crippen molar-refractivity contribution in [1.82, 2.24) is 9.62 Å². The Morgan fingerprint density at radius 2 is 2.15 bits per heavy atom. The molecule has 0 aromatic carbocycles. The Hall–Kier alpha value is -0.430. The predicted molar refractivity (Wildman–Crippen MR) is 81.3 cm³/mol. The first-order valence-corrected chi connectivity index (χ1v) is 9.62. The fraction of sp³-hybridized carbons (Fsp3) is 0.714. The molecule has 1 aromatic heterocycles. The molecule has 1 aliphatic carbocycles. The maximum Gasteiger partial charge on any atom is 0.244 e. The van der Waals surface area contributed by atoms with Crippen LogP contribution in [0.1, 0.15) is 38.0 Å². The molecule has 2 heterocycles. The van der Waals surface area contributed by atoms with E-state index in [-0.39, 0.29) is 6.04 Å². The Labute approximate surface area is 125 Å². The van der Waals surface area contributed by atoms with E-state index >= 15 is 0 Å². The molecule has 3 rings (SSSR count). The first-order chi connectivity index (χ1) is 9.48. The lowest BCUT2D eigenvalue weighted by Gasteiger charge is -2.21. The number of nitrogens with one attached hydrogen (secondary N) is 1. The van der Waals surface area contributed by atoms with Crippen LogP contribution in [-0.2, 0) is 16.6 Å². The summed E-state index contributed by atoms with van der Waals surface area (Å²) in [4.78, 5) is 1.46. The lowest BCUT2D eigenvalue weighted by Crippen LogP contribution is -2.34. The molecule has 4 nitrogen and oxygen atoms in total. The predicted octanol–water partition coefficient (Wildman–Crippen LogP) is 2.42. The van der Waals surface area contributed by atoms with Crippen molar-refractivity contribution in [3.63, 3.8) is 0 Å². The van der Waals surface area contributed by atoms with E-state index in [0.717, 1.165) is 11.3 Å². The number of thiophene rings is 1. The van der Waals surface area contributed by atoms with E-state index in [1.807, 2.05) is 12.3 Å². The molecule has 1 N–H and O–H groups in total. The minimum absolute atomic E-state index is 0.110. The Bertz CT molecular complexity index is 578. The van der Waals surface area contributed by atoms with Gasteiger partial charge in [-0.2, -0.15) is 4.31 Å². The highest BCUT2D eigenvalue weighted by molar-refractivity contribution is 7.89. The summed E-state index contributed by atoms with van der Waals surface area (Å²) in [5.41, 5.74) is 0. The van der Waals surface area contributed by atoms with Crippen molar-refractivity contribution in [2.45, 2.75) is 56.6 Å². The quantitative estimate of drug-likeness (QED) is 0.908. The maximum atomic E-state index is 12.8. The lowest BCUT2D eigenvalue weighted by molar-refractivity contribution is 0.405. The minimum Gasteiger partial charge on any atom is -0.309 e. The first kappa shape index (κ1) is 14.5. The monoisotopic (exact) mass is 314 g/mol. The highest BCUT2D eigenvalue weighted by atomic mass is 32.2. The molecule has 6 heteroatoms. The zero-order chi connectivity index (χ0) is 14.3. The van der Waals surface area contributed by atoms with Crippen LogP contribution in [0, 0.1) is 5.92 Å². The standard InChI is InChI=1S/C14H22N2O2S2/c1-10-7-11(2)16(9-10)20(17,18)14-5-6-19-13(14)8-15-12-3-4-12/h5-6,10-12,15H,3-4,7-9H2,1-2H3. The van der Waals surface area contributed by atoms with Crippen molar-refractivity contribution in [2.75, 3.05) is 6.54 Å². The number of hydrogen-bond donors (Lipinski definition) is 1. The summed E-state index contributed by atoms with van der Waals surface area (Å²) in [7, 11) is -3.33. The van der Waals surface area contributed by atoms with E-state index in [1.165, 1.54) is 24.2 Å². The smallest absolute Gasteiger partial charge is 0.244 e. The van der Waals surface area contributed by atoms with Gasteiger partial charge in [-0.05, 0) is 43.6 Å². The summed E-state index contributed by atoms with van der Waals surface area (Å²) in [6.45, 7) is 5.45. The molecule has 2 atom stereocenters. The van der Waals surface area contributed by atoms with Crippen LogP contribution in [-0.4, -0.2) is 31.4 Å². The van der Waals surface area contributed by atoms with Crippen LogP contribution >= 0.6 is 11.3 Å². The highest BCUT2D eigenvalue weighted by Gasteiger charge is 2.37. The van der Waals surface area contributed by atoms with Gasteiger partial charge in [-0.3, -0.25) is 0 Å². The molecule has 1 saturated heterocycles. The summed E-state index contributed by atoms with van der Waals surface area (Å²) in [6.07, 6.45) is 3.39. The third kappa shape index (κ3) is 2.79. The summed E-state index contributed by atoms with van der Waals surface area (Å²) in [5, 5.41) is 5.30. The van der Waals surface area contributed by atoms with Crippen molar-refractivity contribution in [3.05, 3.63) is 16.3 Å². The van der Waals surface area contributed by atoms with Gasteiger partial charge in [0.15, 0.2) is 0 Å². The van der Waals surface area contributed by atoms with Gasteiger partial charge in [-0.1, -0.05) is 6.92 Å². The third-order valence-electron chi connectivity index (χ3n) is 4.15. The Morgan fingerprint density at radius 1 is 1.40 bits per heavy atom. The van der Waals surface area contributed by atoms with Gasteiger partial charge < -0.3 is 5.32 Å². The zero-order valence-electron chi connectivity index (χ0n) is 12.0. The summed E-state index contributed by atoms with van der Waals surface area (Å²) < 4.78 is 27.4. The van der Waals surface area contributed by atoms with Crippen LogP contribution in [0.3, 0.4) is 0 Å². The molecule has 0 amide bonds. The van der Waals surface area contributed by atoms with Crippen molar-refractivity contribution in [1.29, 1.82) is 0 Å². The Balaban J connectivity index is 1.81. The van der Waals surface area contributed by atoms with Crippen molar-refractivity contribution >= 4 is 21.4 Å². The Kier molecular flexibility index (Phi) is 3.92. The van der Waals surface area contributed by atoms with E-state index in [4.69, 9.17) is 0 Å². The summed E-state index contributed by atoms with van der Waals surface area (Å²) >= 11 is 1.54. The molecule has 1 saturated carbocycles. The number of nitrogens with zero attached hydrogens (tertiary/aromatic N) is 1. The van der Waals surface area contributed by atoms with Crippen LogP contribution in [0.4, 0.5) is 0 Å². The van der Waals surface area contributed by atoms with Crippen LogP contribution in [0.5, 0.6) is 0 Å². The zero-order valence-corrected chi connectivity index (χ0v) is 13.6. The molecule has 2 aliphatic rings. The van der Waals surface area contributed by atoms with Gasteiger partial charge in [0.1, 0.15) is 0 Å². The van der Waals surface area contributed by atoms with E-state index in [9.17, 15) is 8.42 Å². The molecule has 112 valence electrons. The molecule has 0 bridgehead atoms.